The van der Waals surface area contributed by atoms with Crippen LogP contribution < -0.4 is 5.32 Å². The Balaban J connectivity index is 1.70. The standard InChI is InChI=1S/C20H18N2O3S2/c1-13-11-26-20(21-13)27-12-15-5-3-4-6-17(15)18(23)22-16-9-7-14(8-10-16)19(24)25-2/h3-11H,12H2,1-2H3,(H,22,23). The second-order valence-electron chi connectivity index (χ2n) is 5.72. The number of anilines is 1. The van der Waals surface area contributed by atoms with Crippen molar-refractivity contribution < 1.29 is 14.3 Å². The van der Waals surface area contributed by atoms with Crippen LogP contribution in [0.2, 0.25) is 0 Å². The molecule has 3 rings (SSSR count). The smallest absolute Gasteiger partial charge is 0.337 e. The second kappa shape index (κ2) is 8.83. The lowest BCUT2D eigenvalue weighted by Crippen LogP contribution is -2.14. The van der Waals surface area contributed by atoms with Gasteiger partial charge in [0.1, 0.15) is 4.34 Å². The summed E-state index contributed by atoms with van der Waals surface area (Å²) in [6, 6.07) is 14.1. The zero-order valence-electron chi connectivity index (χ0n) is 14.9. The molecule has 1 N–H and O–H groups in total. The molecule has 7 heteroatoms. The summed E-state index contributed by atoms with van der Waals surface area (Å²) in [6.45, 7) is 1.97. The highest BCUT2D eigenvalue weighted by Gasteiger charge is 2.13. The number of methoxy groups -OCH3 is 1. The third-order valence-corrected chi connectivity index (χ3v) is 5.96. The van der Waals surface area contributed by atoms with Crippen molar-refractivity contribution in [2.45, 2.75) is 17.0 Å². The van der Waals surface area contributed by atoms with E-state index in [-0.39, 0.29) is 5.91 Å². The Hall–Kier alpha value is -2.64. The predicted molar refractivity (Wildman–Crippen MR) is 109 cm³/mol. The molecule has 5 nitrogen and oxygen atoms in total. The largest absolute Gasteiger partial charge is 0.465 e. The van der Waals surface area contributed by atoms with Crippen LogP contribution in [0.4, 0.5) is 5.69 Å². The fourth-order valence-corrected chi connectivity index (χ4v) is 4.27. The number of amides is 1. The summed E-state index contributed by atoms with van der Waals surface area (Å²) in [4.78, 5) is 28.6. The van der Waals surface area contributed by atoms with Gasteiger partial charge in [-0.3, -0.25) is 4.79 Å². The first-order valence-electron chi connectivity index (χ1n) is 8.19. The van der Waals surface area contributed by atoms with Crippen molar-refractivity contribution in [3.63, 3.8) is 0 Å². The van der Waals surface area contributed by atoms with E-state index in [4.69, 9.17) is 0 Å². The van der Waals surface area contributed by atoms with Crippen molar-refractivity contribution in [2.24, 2.45) is 0 Å². The maximum absolute atomic E-state index is 12.7. The summed E-state index contributed by atoms with van der Waals surface area (Å²) in [5.74, 6) is 0.0673. The van der Waals surface area contributed by atoms with E-state index in [2.05, 4.69) is 15.0 Å². The van der Waals surface area contributed by atoms with Gasteiger partial charge in [0.25, 0.3) is 5.91 Å². The second-order valence-corrected chi connectivity index (χ2v) is 7.80. The van der Waals surface area contributed by atoms with Crippen LogP contribution in [0, 0.1) is 6.92 Å². The lowest BCUT2D eigenvalue weighted by Gasteiger charge is -2.10. The molecule has 0 atom stereocenters. The first kappa shape index (κ1) is 19.1. The molecule has 3 aromatic rings. The molecule has 0 saturated carbocycles. The Morgan fingerprint density at radius 1 is 1.15 bits per heavy atom. The van der Waals surface area contributed by atoms with Crippen molar-refractivity contribution in [1.29, 1.82) is 0 Å². The van der Waals surface area contributed by atoms with E-state index in [1.165, 1.54) is 7.11 Å². The average molecular weight is 399 g/mol. The Labute approximate surface area is 165 Å². The van der Waals surface area contributed by atoms with E-state index in [1.807, 2.05) is 30.5 Å². The molecule has 0 spiro atoms. The first-order valence-corrected chi connectivity index (χ1v) is 10.1. The minimum atomic E-state index is -0.410. The van der Waals surface area contributed by atoms with Crippen LogP contribution in [0.25, 0.3) is 0 Å². The monoisotopic (exact) mass is 398 g/mol. The Bertz CT molecular complexity index is 952. The molecule has 0 saturated heterocycles. The maximum atomic E-state index is 12.7. The number of carbonyl (C=O) groups excluding carboxylic acids is 2. The third kappa shape index (κ3) is 4.96. The molecule has 1 heterocycles. The number of benzene rings is 2. The molecule has 0 aliphatic rings. The van der Waals surface area contributed by atoms with Crippen LogP contribution in [0.15, 0.2) is 58.3 Å². The highest BCUT2D eigenvalue weighted by Crippen LogP contribution is 2.27. The van der Waals surface area contributed by atoms with Crippen molar-refractivity contribution in [3.05, 3.63) is 76.3 Å². The number of aromatic nitrogens is 1. The van der Waals surface area contributed by atoms with E-state index in [0.717, 1.165) is 15.6 Å². The molecule has 138 valence electrons. The van der Waals surface area contributed by atoms with Gasteiger partial charge in [-0.2, -0.15) is 0 Å². The quantitative estimate of drug-likeness (QED) is 0.478. The molecule has 1 aromatic heterocycles. The molecule has 0 aliphatic carbocycles. The molecule has 0 fully saturated rings. The van der Waals surface area contributed by atoms with Crippen molar-refractivity contribution >= 4 is 40.7 Å². The minimum absolute atomic E-state index is 0.188. The molecule has 2 aromatic carbocycles. The lowest BCUT2D eigenvalue weighted by atomic mass is 10.1. The molecule has 27 heavy (non-hydrogen) atoms. The number of hydrogen-bond donors (Lipinski definition) is 1. The van der Waals surface area contributed by atoms with Gasteiger partial charge in [-0.1, -0.05) is 30.0 Å². The predicted octanol–water partition coefficient (Wildman–Crippen LogP) is 4.78. The van der Waals surface area contributed by atoms with Crippen molar-refractivity contribution in [3.8, 4) is 0 Å². The maximum Gasteiger partial charge on any atom is 0.337 e. The molecule has 0 aliphatic heterocycles. The van der Waals surface area contributed by atoms with E-state index in [1.54, 1.807) is 53.4 Å². The summed E-state index contributed by atoms with van der Waals surface area (Å²) >= 11 is 3.22. The number of nitrogens with one attached hydrogen (secondary N) is 1. The van der Waals surface area contributed by atoms with Gasteiger partial charge in [0, 0.05) is 28.1 Å². The SMILES string of the molecule is COC(=O)c1ccc(NC(=O)c2ccccc2CSc2nc(C)cs2)cc1. The fourth-order valence-electron chi connectivity index (χ4n) is 2.41. The van der Waals surface area contributed by atoms with Gasteiger partial charge in [0.15, 0.2) is 0 Å². The summed E-state index contributed by atoms with van der Waals surface area (Å²) in [5.41, 5.74) is 3.62. The Morgan fingerprint density at radius 3 is 2.56 bits per heavy atom. The number of ether oxygens (including phenoxy) is 1. The number of thiazole rings is 1. The molecular weight excluding hydrogens is 380 g/mol. The molecule has 0 bridgehead atoms. The highest BCUT2D eigenvalue weighted by atomic mass is 32.2. The summed E-state index contributed by atoms with van der Waals surface area (Å²) < 4.78 is 5.66. The van der Waals surface area contributed by atoms with Crippen LogP contribution in [0.5, 0.6) is 0 Å². The topological polar surface area (TPSA) is 68.3 Å². The van der Waals surface area contributed by atoms with Gasteiger partial charge in [0.05, 0.1) is 12.7 Å². The molecule has 0 radical (unpaired) electrons. The summed E-state index contributed by atoms with van der Waals surface area (Å²) in [5, 5.41) is 4.88. The number of aryl methyl sites for hydroxylation is 1. The van der Waals surface area contributed by atoms with Crippen LogP contribution in [-0.2, 0) is 10.5 Å². The average Bonchev–Trinajstić information content (AvgIpc) is 3.11. The van der Waals surface area contributed by atoms with Crippen LogP contribution in [0.1, 0.15) is 32.0 Å². The minimum Gasteiger partial charge on any atom is -0.465 e. The van der Waals surface area contributed by atoms with E-state index < -0.39 is 5.97 Å². The Kier molecular flexibility index (Phi) is 6.26. The van der Waals surface area contributed by atoms with Gasteiger partial charge >= 0.3 is 5.97 Å². The highest BCUT2D eigenvalue weighted by molar-refractivity contribution is 8.00. The van der Waals surface area contributed by atoms with Crippen LogP contribution in [-0.4, -0.2) is 24.0 Å². The zero-order valence-corrected chi connectivity index (χ0v) is 16.5. The summed E-state index contributed by atoms with van der Waals surface area (Å²) in [7, 11) is 1.33. The number of esters is 1. The number of nitrogens with zero attached hydrogens (tertiary/aromatic N) is 1. The van der Waals surface area contributed by atoms with Gasteiger partial charge in [-0.15, -0.1) is 11.3 Å². The molecule has 1 amide bonds. The Morgan fingerprint density at radius 2 is 1.89 bits per heavy atom. The zero-order chi connectivity index (χ0) is 19.2. The van der Waals surface area contributed by atoms with E-state index in [9.17, 15) is 9.59 Å². The van der Waals surface area contributed by atoms with Gasteiger partial charge in [0.2, 0.25) is 0 Å². The van der Waals surface area contributed by atoms with Gasteiger partial charge in [-0.05, 0) is 42.8 Å². The lowest BCUT2D eigenvalue weighted by molar-refractivity contribution is 0.0600. The first-order chi connectivity index (χ1) is 13.1. The number of hydrogen-bond acceptors (Lipinski definition) is 6. The fraction of sp³-hybridized carbons (Fsp3) is 0.150. The number of thioether (sulfide) groups is 1. The summed E-state index contributed by atoms with van der Waals surface area (Å²) in [6.07, 6.45) is 0. The van der Waals surface area contributed by atoms with E-state index in [0.29, 0.717) is 22.6 Å². The van der Waals surface area contributed by atoms with Crippen molar-refractivity contribution in [2.75, 3.05) is 12.4 Å². The molecular formula is C20H18N2O3S2. The third-order valence-electron chi connectivity index (χ3n) is 3.77. The van der Waals surface area contributed by atoms with Gasteiger partial charge < -0.3 is 10.1 Å². The molecule has 0 unspecified atom stereocenters. The van der Waals surface area contributed by atoms with Crippen LogP contribution in [0.3, 0.4) is 0 Å². The van der Waals surface area contributed by atoms with E-state index >= 15 is 0 Å². The normalized spacial score (nSPS) is 10.4. The number of rotatable bonds is 6. The van der Waals surface area contributed by atoms with Gasteiger partial charge in [-0.25, -0.2) is 9.78 Å². The number of carbonyl (C=O) groups is 2. The van der Waals surface area contributed by atoms with Crippen molar-refractivity contribution in [1.82, 2.24) is 4.98 Å². The van der Waals surface area contributed by atoms with Crippen LogP contribution >= 0.6 is 23.1 Å².